The molecule has 34 heavy (non-hydrogen) atoms. The van der Waals surface area contributed by atoms with Crippen molar-refractivity contribution in [1.82, 2.24) is 0 Å². The van der Waals surface area contributed by atoms with Gasteiger partial charge in [0.15, 0.2) is 5.78 Å². The van der Waals surface area contributed by atoms with Crippen LogP contribution in [0, 0.1) is 5.82 Å². The predicted octanol–water partition coefficient (Wildman–Crippen LogP) is 6.61. The molecular formula is C30H20FNO2. The topological polar surface area (TPSA) is 46.2 Å². The first-order chi connectivity index (χ1) is 16.6. The van der Waals surface area contributed by atoms with Gasteiger partial charge >= 0.3 is 0 Å². The predicted molar refractivity (Wildman–Crippen MR) is 134 cm³/mol. The largest absolute Gasteiger partial charge is 0.323 e. The first kappa shape index (κ1) is 21.3. The number of benzene rings is 4. The molecule has 0 radical (unpaired) electrons. The Bertz CT molecular complexity index is 1400. The first-order valence-electron chi connectivity index (χ1n) is 10.9. The average Bonchev–Trinajstić information content (AvgIpc) is 2.87. The van der Waals surface area contributed by atoms with Gasteiger partial charge in [0.05, 0.1) is 0 Å². The minimum atomic E-state index is -0.316. The summed E-state index contributed by atoms with van der Waals surface area (Å²) in [7, 11) is 0. The quantitative estimate of drug-likeness (QED) is 0.316. The summed E-state index contributed by atoms with van der Waals surface area (Å²) in [6.07, 6.45) is 5.10. The SMILES string of the molecule is O=C(/C=C/c1ccc(F)cc1)Nc1ccc(C=C2c3ccccc3C(=O)c3ccccc32)cc1. The van der Waals surface area contributed by atoms with Crippen LogP contribution < -0.4 is 5.32 Å². The molecule has 1 aliphatic carbocycles. The van der Waals surface area contributed by atoms with Crippen molar-refractivity contribution in [2.24, 2.45) is 0 Å². The second kappa shape index (κ2) is 9.12. The van der Waals surface area contributed by atoms with Crippen molar-refractivity contribution in [2.75, 3.05) is 5.32 Å². The molecule has 1 amide bonds. The highest BCUT2D eigenvalue weighted by molar-refractivity contribution is 6.20. The molecule has 0 saturated carbocycles. The molecule has 1 aliphatic rings. The lowest BCUT2D eigenvalue weighted by Gasteiger charge is -2.21. The Hall–Kier alpha value is -4.57. The molecule has 5 rings (SSSR count). The van der Waals surface area contributed by atoms with Crippen molar-refractivity contribution in [3.8, 4) is 0 Å². The van der Waals surface area contributed by atoms with Crippen molar-refractivity contribution in [3.63, 3.8) is 0 Å². The van der Waals surface area contributed by atoms with Crippen molar-refractivity contribution in [2.45, 2.75) is 0 Å². The van der Waals surface area contributed by atoms with Crippen LogP contribution >= 0.6 is 0 Å². The van der Waals surface area contributed by atoms with Gasteiger partial charge in [-0.2, -0.15) is 0 Å². The minimum Gasteiger partial charge on any atom is -0.323 e. The molecule has 4 heteroatoms. The molecule has 3 nitrogen and oxygen atoms in total. The van der Waals surface area contributed by atoms with Crippen LogP contribution in [0.1, 0.15) is 38.2 Å². The lowest BCUT2D eigenvalue weighted by atomic mass is 9.81. The van der Waals surface area contributed by atoms with Crippen LogP contribution in [-0.4, -0.2) is 11.7 Å². The highest BCUT2D eigenvalue weighted by atomic mass is 19.1. The van der Waals surface area contributed by atoms with E-state index in [2.05, 4.69) is 11.4 Å². The van der Waals surface area contributed by atoms with Gasteiger partial charge in [-0.05, 0) is 64.2 Å². The lowest BCUT2D eigenvalue weighted by Crippen LogP contribution is -2.14. The number of carbonyl (C=O) groups excluding carboxylic acids is 2. The summed E-state index contributed by atoms with van der Waals surface area (Å²) in [5.74, 6) is -0.553. The Morgan fingerprint density at radius 3 is 1.79 bits per heavy atom. The van der Waals surface area contributed by atoms with E-state index in [-0.39, 0.29) is 17.5 Å². The average molecular weight is 445 g/mol. The Morgan fingerprint density at radius 1 is 0.676 bits per heavy atom. The summed E-state index contributed by atoms with van der Waals surface area (Å²) in [5.41, 5.74) is 6.57. The van der Waals surface area contributed by atoms with Gasteiger partial charge in [0.25, 0.3) is 0 Å². The molecule has 1 N–H and O–H groups in total. The van der Waals surface area contributed by atoms with Crippen LogP contribution in [-0.2, 0) is 4.79 Å². The van der Waals surface area contributed by atoms with E-state index in [0.29, 0.717) is 16.8 Å². The van der Waals surface area contributed by atoms with Crippen molar-refractivity contribution in [1.29, 1.82) is 0 Å². The van der Waals surface area contributed by atoms with Gasteiger partial charge in [-0.1, -0.05) is 72.8 Å². The fraction of sp³-hybridized carbons (Fsp3) is 0. The number of fused-ring (bicyclic) bond motifs is 2. The lowest BCUT2D eigenvalue weighted by molar-refractivity contribution is -0.111. The number of amides is 1. The maximum absolute atomic E-state index is 13.0. The van der Waals surface area contributed by atoms with Crippen LogP contribution in [0.2, 0.25) is 0 Å². The number of nitrogens with one attached hydrogen (secondary N) is 1. The minimum absolute atomic E-state index is 0.0371. The van der Waals surface area contributed by atoms with E-state index in [1.165, 1.54) is 18.2 Å². The summed E-state index contributed by atoms with van der Waals surface area (Å²) in [6, 6.07) is 28.7. The fourth-order valence-electron chi connectivity index (χ4n) is 4.04. The summed E-state index contributed by atoms with van der Waals surface area (Å²) >= 11 is 0. The van der Waals surface area contributed by atoms with E-state index in [4.69, 9.17) is 0 Å². The molecular weight excluding hydrogens is 425 g/mol. The fourth-order valence-corrected chi connectivity index (χ4v) is 4.04. The number of halogens is 1. The highest BCUT2D eigenvalue weighted by Gasteiger charge is 2.26. The molecule has 0 unspecified atom stereocenters. The summed E-state index contributed by atoms with van der Waals surface area (Å²) < 4.78 is 13.0. The zero-order valence-corrected chi connectivity index (χ0v) is 18.2. The van der Waals surface area contributed by atoms with Crippen LogP contribution in [0.25, 0.3) is 17.7 Å². The van der Waals surface area contributed by atoms with Gasteiger partial charge < -0.3 is 5.32 Å². The van der Waals surface area contributed by atoms with Gasteiger partial charge in [0.2, 0.25) is 5.91 Å². The van der Waals surface area contributed by atoms with E-state index < -0.39 is 0 Å². The van der Waals surface area contributed by atoms with Crippen molar-refractivity contribution in [3.05, 3.63) is 142 Å². The maximum atomic E-state index is 13.0. The van der Waals surface area contributed by atoms with Gasteiger partial charge in [-0.25, -0.2) is 4.39 Å². The van der Waals surface area contributed by atoms with Crippen LogP contribution in [0.15, 0.2) is 103 Å². The van der Waals surface area contributed by atoms with E-state index in [1.807, 2.05) is 72.8 Å². The number of hydrogen-bond acceptors (Lipinski definition) is 2. The molecule has 0 aliphatic heterocycles. The first-order valence-corrected chi connectivity index (χ1v) is 10.9. The number of carbonyl (C=O) groups is 2. The number of hydrogen-bond donors (Lipinski definition) is 1. The second-order valence-corrected chi connectivity index (χ2v) is 7.97. The Kier molecular flexibility index (Phi) is 5.71. The molecule has 0 atom stereocenters. The standard InChI is InChI=1S/C30H20FNO2/c31-22-14-9-20(10-15-22)13-18-29(33)32-23-16-11-21(12-17-23)19-28-24-5-1-3-7-26(24)30(34)27-8-4-2-6-25(27)28/h1-19H,(H,32,33)/b18-13+. The van der Waals surface area contributed by atoms with E-state index >= 15 is 0 Å². The molecule has 0 bridgehead atoms. The molecule has 0 spiro atoms. The van der Waals surface area contributed by atoms with Gasteiger partial charge in [0, 0.05) is 22.9 Å². The third kappa shape index (κ3) is 4.34. The number of anilines is 1. The third-order valence-electron chi connectivity index (χ3n) is 5.71. The molecule has 0 heterocycles. The van der Waals surface area contributed by atoms with E-state index in [1.54, 1.807) is 18.2 Å². The second-order valence-electron chi connectivity index (χ2n) is 7.97. The van der Waals surface area contributed by atoms with Gasteiger partial charge in [-0.3, -0.25) is 9.59 Å². The monoisotopic (exact) mass is 445 g/mol. The molecule has 4 aromatic carbocycles. The summed E-state index contributed by atoms with van der Waals surface area (Å²) in [6.45, 7) is 0. The van der Waals surface area contributed by atoms with Crippen LogP contribution in [0.5, 0.6) is 0 Å². The molecule has 164 valence electrons. The summed E-state index contributed by atoms with van der Waals surface area (Å²) in [5, 5.41) is 2.83. The zero-order chi connectivity index (χ0) is 23.5. The maximum Gasteiger partial charge on any atom is 0.248 e. The van der Waals surface area contributed by atoms with Crippen LogP contribution in [0.4, 0.5) is 10.1 Å². The molecule has 0 saturated heterocycles. The van der Waals surface area contributed by atoms with E-state index in [9.17, 15) is 14.0 Å². The van der Waals surface area contributed by atoms with Crippen LogP contribution in [0.3, 0.4) is 0 Å². The Morgan fingerprint density at radius 2 is 1.21 bits per heavy atom. The number of rotatable bonds is 4. The summed E-state index contributed by atoms with van der Waals surface area (Å²) in [4.78, 5) is 25.2. The third-order valence-corrected chi connectivity index (χ3v) is 5.71. The van der Waals surface area contributed by atoms with Gasteiger partial charge in [0.1, 0.15) is 5.82 Å². The van der Waals surface area contributed by atoms with Gasteiger partial charge in [-0.15, -0.1) is 0 Å². The molecule has 0 fully saturated rings. The van der Waals surface area contributed by atoms with E-state index in [0.717, 1.165) is 27.8 Å². The number of ketones is 1. The Balaban J connectivity index is 1.38. The highest BCUT2D eigenvalue weighted by Crippen LogP contribution is 2.37. The Labute approximate surface area is 196 Å². The smallest absolute Gasteiger partial charge is 0.248 e. The molecule has 0 aromatic heterocycles. The molecule has 4 aromatic rings. The zero-order valence-electron chi connectivity index (χ0n) is 18.2. The van der Waals surface area contributed by atoms with Crippen molar-refractivity contribution >= 4 is 35.1 Å². The normalized spacial score (nSPS) is 12.3. The van der Waals surface area contributed by atoms with Crippen molar-refractivity contribution < 1.29 is 14.0 Å².